The summed E-state index contributed by atoms with van der Waals surface area (Å²) in [6, 6.07) is 14.3. The molecule has 0 unspecified atom stereocenters. The Balaban J connectivity index is 1.87. The zero-order valence-electron chi connectivity index (χ0n) is 11.7. The lowest BCUT2D eigenvalue weighted by Gasteiger charge is -2.08. The number of anilines is 2. The standard InChI is InChI=1S/C16H14BrN3O/c1-10-4-3-5-11(2)14(10)18-16-20-19-15(21-16)12-6-8-13(17)9-7-12/h3-9H,1-2H3,(H,18,20). The number of benzene rings is 2. The molecule has 0 saturated carbocycles. The number of halogens is 1. The van der Waals surface area contributed by atoms with E-state index in [9.17, 15) is 0 Å². The normalized spacial score (nSPS) is 10.6. The molecule has 3 rings (SSSR count). The van der Waals surface area contributed by atoms with E-state index in [0.29, 0.717) is 11.9 Å². The van der Waals surface area contributed by atoms with Gasteiger partial charge in [-0.25, -0.2) is 0 Å². The second-order valence-electron chi connectivity index (χ2n) is 4.81. The number of aromatic nitrogens is 2. The molecule has 0 saturated heterocycles. The highest BCUT2D eigenvalue weighted by Gasteiger charge is 2.10. The number of rotatable bonds is 3. The van der Waals surface area contributed by atoms with Crippen LogP contribution in [-0.2, 0) is 0 Å². The van der Waals surface area contributed by atoms with Crippen molar-refractivity contribution >= 4 is 27.6 Å². The van der Waals surface area contributed by atoms with Crippen LogP contribution in [0.4, 0.5) is 11.7 Å². The summed E-state index contributed by atoms with van der Waals surface area (Å²) in [4.78, 5) is 0. The van der Waals surface area contributed by atoms with Crippen molar-refractivity contribution < 1.29 is 4.42 Å². The largest absolute Gasteiger partial charge is 0.403 e. The highest BCUT2D eigenvalue weighted by atomic mass is 79.9. The molecule has 5 heteroatoms. The smallest absolute Gasteiger partial charge is 0.320 e. The van der Waals surface area contributed by atoms with E-state index in [-0.39, 0.29) is 0 Å². The summed E-state index contributed by atoms with van der Waals surface area (Å²) in [5.74, 6) is 0.497. The minimum Gasteiger partial charge on any atom is -0.403 e. The molecule has 0 aliphatic rings. The average molecular weight is 344 g/mol. The minimum atomic E-state index is 0.394. The molecule has 21 heavy (non-hydrogen) atoms. The zero-order valence-corrected chi connectivity index (χ0v) is 13.3. The van der Waals surface area contributed by atoms with Crippen LogP contribution in [0.2, 0.25) is 0 Å². The molecular formula is C16H14BrN3O. The molecule has 0 fully saturated rings. The fraction of sp³-hybridized carbons (Fsp3) is 0.125. The Morgan fingerprint density at radius 3 is 2.29 bits per heavy atom. The third-order valence-electron chi connectivity index (χ3n) is 3.23. The summed E-state index contributed by atoms with van der Waals surface area (Å²) in [6.45, 7) is 4.09. The van der Waals surface area contributed by atoms with Crippen LogP contribution in [0.25, 0.3) is 11.5 Å². The first kappa shape index (κ1) is 13.8. The van der Waals surface area contributed by atoms with Gasteiger partial charge >= 0.3 is 6.01 Å². The van der Waals surface area contributed by atoms with E-state index in [1.807, 2.05) is 56.3 Å². The molecule has 3 aromatic rings. The number of aryl methyl sites for hydroxylation is 2. The quantitative estimate of drug-likeness (QED) is 0.737. The van der Waals surface area contributed by atoms with Crippen LogP contribution < -0.4 is 5.32 Å². The predicted octanol–water partition coefficient (Wildman–Crippen LogP) is 4.86. The maximum absolute atomic E-state index is 5.67. The second-order valence-corrected chi connectivity index (χ2v) is 5.73. The SMILES string of the molecule is Cc1cccc(C)c1Nc1nnc(-c2ccc(Br)cc2)o1. The molecule has 0 aliphatic carbocycles. The average Bonchev–Trinajstić information content (AvgIpc) is 2.92. The Kier molecular flexibility index (Phi) is 3.75. The fourth-order valence-electron chi connectivity index (χ4n) is 2.10. The van der Waals surface area contributed by atoms with Crippen LogP contribution in [0.3, 0.4) is 0 Å². The van der Waals surface area contributed by atoms with Gasteiger partial charge in [0.05, 0.1) is 0 Å². The van der Waals surface area contributed by atoms with Gasteiger partial charge < -0.3 is 9.73 Å². The van der Waals surface area contributed by atoms with Crippen molar-refractivity contribution in [3.05, 3.63) is 58.1 Å². The molecule has 0 spiro atoms. The van der Waals surface area contributed by atoms with Crippen LogP contribution in [0, 0.1) is 13.8 Å². The Bertz CT molecular complexity index is 745. The van der Waals surface area contributed by atoms with Crippen molar-refractivity contribution in [3.63, 3.8) is 0 Å². The molecule has 0 bridgehead atoms. The third kappa shape index (κ3) is 2.97. The first-order valence-corrected chi connectivity index (χ1v) is 7.35. The molecule has 0 amide bonds. The molecule has 1 aromatic heterocycles. The number of nitrogens with one attached hydrogen (secondary N) is 1. The van der Waals surface area contributed by atoms with E-state index < -0.39 is 0 Å². The van der Waals surface area contributed by atoms with E-state index in [2.05, 4.69) is 31.4 Å². The lowest BCUT2D eigenvalue weighted by atomic mass is 10.1. The van der Waals surface area contributed by atoms with Crippen molar-refractivity contribution in [2.75, 3.05) is 5.32 Å². The fourth-order valence-corrected chi connectivity index (χ4v) is 2.37. The summed E-state index contributed by atoms with van der Waals surface area (Å²) >= 11 is 3.40. The van der Waals surface area contributed by atoms with Crippen molar-refractivity contribution in [1.29, 1.82) is 0 Å². The molecule has 2 aromatic carbocycles. The van der Waals surface area contributed by atoms with Crippen LogP contribution in [0.5, 0.6) is 0 Å². The number of hydrogen-bond donors (Lipinski definition) is 1. The van der Waals surface area contributed by atoms with Gasteiger partial charge in [0.2, 0.25) is 5.89 Å². The highest BCUT2D eigenvalue weighted by Crippen LogP contribution is 2.26. The van der Waals surface area contributed by atoms with Crippen molar-refractivity contribution in [1.82, 2.24) is 10.2 Å². The minimum absolute atomic E-state index is 0.394. The molecule has 1 heterocycles. The zero-order chi connectivity index (χ0) is 14.8. The Morgan fingerprint density at radius 1 is 0.952 bits per heavy atom. The summed E-state index contributed by atoms with van der Waals surface area (Å²) in [7, 11) is 0. The Morgan fingerprint density at radius 2 is 1.62 bits per heavy atom. The third-order valence-corrected chi connectivity index (χ3v) is 3.76. The van der Waals surface area contributed by atoms with E-state index in [1.54, 1.807) is 0 Å². The van der Waals surface area contributed by atoms with Gasteiger partial charge in [0.1, 0.15) is 0 Å². The molecule has 0 aliphatic heterocycles. The Labute approximate surface area is 131 Å². The Hall–Kier alpha value is -2.14. The van der Waals surface area contributed by atoms with E-state index in [0.717, 1.165) is 26.9 Å². The number of hydrogen-bond acceptors (Lipinski definition) is 4. The van der Waals surface area contributed by atoms with Crippen LogP contribution in [-0.4, -0.2) is 10.2 Å². The van der Waals surface area contributed by atoms with Gasteiger partial charge in [0.15, 0.2) is 0 Å². The van der Waals surface area contributed by atoms with Crippen molar-refractivity contribution in [2.24, 2.45) is 0 Å². The van der Waals surface area contributed by atoms with E-state index in [4.69, 9.17) is 4.42 Å². The summed E-state index contributed by atoms with van der Waals surface area (Å²) in [5.41, 5.74) is 4.17. The van der Waals surface area contributed by atoms with Gasteiger partial charge in [-0.3, -0.25) is 0 Å². The van der Waals surface area contributed by atoms with Gasteiger partial charge in [0.25, 0.3) is 0 Å². The number of para-hydroxylation sites is 1. The van der Waals surface area contributed by atoms with Gasteiger partial charge in [-0.05, 0) is 49.2 Å². The van der Waals surface area contributed by atoms with Crippen LogP contribution >= 0.6 is 15.9 Å². The van der Waals surface area contributed by atoms with Crippen molar-refractivity contribution in [3.8, 4) is 11.5 Å². The van der Waals surface area contributed by atoms with Gasteiger partial charge in [-0.2, -0.15) is 0 Å². The monoisotopic (exact) mass is 343 g/mol. The highest BCUT2D eigenvalue weighted by molar-refractivity contribution is 9.10. The second kappa shape index (κ2) is 5.69. The van der Waals surface area contributed by atoms with Crippen LogP contribution in [0.1, 0.15) is 11.1 Å². The van der Waals surface area contributed by atoms with Gasteiger partial charge in [-0.15, -0.1) is 5.10 Å². The maximum Gasteiger partial charge on any atom is 0.320 e. The molecule has 106 valence electrons. The maximum atomic E-state index is 5.67. The summed E-state index contributed by atoms with van der Waals surface area (Å²) in [6.07, 6.45) is 0. The number of nitrogens with zero attached hydrogens (tertiary/aromatic N) is 2. The molecule has 4 nitrogen and oxygen atoms in total. The van der Waals surface area contributed by atoms with Gasteiger partial charge in [-0.1, -0.05) is 39.2 Å². The molecule has 0 atom stereocenters. The summed E-state index contributed by atoms with van der Waals surface area (Å²) < 4.78 is 6.69. The topological polar surface area (TPSA) is 51.0 Å². The first-order valence-electron chi connectivity index (χ1n) is 6.56. The molecule has 0 radical (unpaired) electrons. The van der Waals surface area contributed by atoms with E-state index >= 15 is 0 Å². The first-order chi connectivity index (χ1) is 10.1. The van der Waals surface area contributed by atoms with E-state index in [1.165, 1.54) is 0 Å². The lowest BCUT2D eigenvalue weighted by Crippen LogP contribution is -1.95. The van der Waals surface area contributed by atoms with Crippen LogP contribution in [0.15, 0.2) is 51.4 Å². The van der Waals surface area contributed by atoms with Crippen molar-refractivity contribution in [2.45, 2.75) is 13.8 Å². The lowest BCUT2D eigenvalue weighted by molar-refractivity contribution is 0.587. The predicted molar refractivity (Wildman–Crippen MR) is 86.6 cm³/mol. The van der Waals surface area contributed by atoms with Gasteiger partial charge in [0, 0.05) is 15.7 Å². The summed E-state index contributed by atoms with van der Waals surface area (Å²) in [5, 5.41) is 11.3. The molecular weight excluding hydrogens is 330 g/mol. The molecule has 1 N–H and O–H groups in total.